The van der Waals surface area contributed by atoms with Crippen molar-refractivity contribution in [3.05, 3.63) is 88.4 Å². The number of fused-ring (bicyclic) bond motifs is 1. The fraction of sp³-hybridized carbons (Fsp3) is 0. The van der Waals surface area contributed by atoms with Crippen molar-refractivity contribution in [2.75, 3.05) is 0 Å². The number of hydrogen-bond donors (Lipinski definition) is 0. The Morgan fingerprint density at radius 1 is 0.958 bits per heavy atom. The Bertz CT molecular complexity index is 981. The summed E-state index contributed by atoms with van der Waals surface area (Å²) in [5.41, 5.74) is 2.48. The summed E-state index contributed by atoms with van der Waals surface area (Å²) in [5.74, 6) is 0.244. The van der Waals surface area contributed by atoms with Crippen molar-refractivity contribution in [1.29, 1.82) is 0 Å². The van der Waals surface area contributed by atoms with E-state index >= 15 is 0 Å². The maximum absolute atomic E-state index is 13.0. The number of benzene rings is 2. The Morgan fingerprint density at radius 2 is 1.75 bits per heavy atom. The molecule has 3 nitrogen and oxygen atoms in total. The molecule has 0 unspecified atom stereocenters. The van der Waals surface area contributed by atoms with Crippen molar-refractivity contribution in [3.8, 4) is 0 Å². The molecule has 2 heterocycles. The maximum atomic E-state index is 13.0. The number of carbonyl (C=O) groups excluding carboxylic acids is 1. The molecule has 4 rings (SSSR count). The van der Waals surface area contributed by atoms with E-state index in [0.29, 0.717) is 22.6 Å². The van der Waals surface area contributed by atoms with Crippen molar-refractivity contribution in [2.45, 2.75) is 0 Å². The van der Waals surface area contributed by atoms with Gasteiger partial charge in [-0.25, -0.2) is 4.98 Å². The van der Waals surface area contributed by atoms with Gasteiger partial charge < -0.3 is 4.42 Å². The van der Waals surface area contributed by atoms with Crippen molar-refractivity contribution in [1.82, 2.24) is 4.98 Å². The lowest BCUT2D eigenvalue weighted by Crippen LogP contribution is -2.02. The van der Waals surface area contributed by atoms with Crippen LogP contribution in [0, 0.1) is 0 Å². The normalized spacial score (nSPS) is 11.8. The molecule has 4 heteroatoms. The van der Waals surface area contributed by atoms with E-state index in [0.717, 1.165) is 10.4 Å². The van der Waals surface area contributed by atoms with Gasteiger partial charge >= 0.3 is 0 Å². The molecule has 4 aromatic rings. The molecule has 0 N–H and O–H groups in total. The lowest BCUT2D eigenvalue weighted by Gasteiger charge is -2.03. The van der Waals surface area contributed by atoms with Crippen molar-refractivity contribution >= 4 is 39.9 Å². The highest BCUT2D eigenvalue weighted by molar-refractivity contribution is 7.11. The highest BCUT2D eigenvalue weighted by Gasteiger charge is 2.20. The first-order chi connectivity index (χ1) is 11.8. The van der Waals surface area contributed by atoms with Crippen molar-refractivity contribution in [2.24, 2.45) is 0 Å². The van der Waals surface area contributed by atoms with Gasteiger partial charge in [0.1, 0.15) is 5.52 Å². The number of nitrogens with zero attached hydrogens (tertiary/aromatic N) is 1. The van der Waals surface area contributed by atoms with Crippen LogP contribution in [0.15, 0.2) is 76.5 Å². The Kier molecular flexibility index (Phi) is 3.81. The first kappa shape index (κ1) is 14.6. The van der Waals surface area contributed by atoms with Crippen LogP contribution in [0.2, 0.25) is 0 Å². The van der Waals surface area contributed by atoms with Gasteiger partial charge in [0.05, 0.1) is 5.57 Å². The second-order valence-electron chi connectivity index (χ2n) is 5.26. The Labute approximate surface area is 142 Å². The molecular formula is C20H13NO2S. The van der Waals surface area contributed by atoms with E-state index in [1.165, 1.54) is 0 Å². The zero-order chi connectivity index (χ0) is 16.4. The number of hydrogen-bond acceptors (Lipinski definition) is 4. The average molecular weight is 331 g/mol. The highest BCUT2D eigenvalue weighted by Crippen LogP contribution is 2.27. The van der Waals surface area contributed by atoms with Crippen LogP contribution in [0.3, 0.4) is 0 Å². The molecule has 0 saturated heterocycles. The predicted octanol–water partition coefficient (Wildman–Crippen LogP) is 5.31. The van der Waals surface area contributed by atoms with Crippen LogP contribution in [-0.2, 0) is 0 Å². The number of para-hydroxylation sites is 2. The van der Waals surface area contributed by atoms with Crippen molar-refractivity contribution < 1.29 is 9.21 Å². The van der Waals surface area contributed by atoms with E-state index in [2.05, 4.69) is 4.98 Å². The van der Waals surface area contributed by atoms with Gasteiger partial charge in [0, 0.05) is 10.4 Å². The SMILES string of the molecule is O=C(/C(=C\c1cccs1)c1nc2ccccc2o1)c1ccccc1. The number of allylic oxidation sites excluding steroid dienone is 1. The molecule has 2 aromatic heterocycles. The van der Waals surface area contributed by atoms with Crippen LogP contribution in [0.25, 0.3) is 22.7 Å². The van der Waals surface area contributed by atoms with Gasteiger partial charge in [-0.1, -0.05) is 48.5 Å². The third-order valence-corrected chi connectivity index (χ3v) is 4.45. The van der Waals surface area contributed by atoms with Crippen LogP contribution in [0.1, 0.15) is 21.1 Å². The highest BCUT2D eigenvalue weighted by atomic mass is 32.1. The van der Waals surface area contributed by atoms with Crippen LogP contribution in [0.4, 0.5) is 0 Å². The van der Waals surface area contributed by atoms with Crippen LogP contribution in [-0.4, -0.2) is 10.8 Å². The number of aromatic nitrogens is 1. The van der Waals surface area contributed by atoms with Gasteiger partial charge in [-0.2, -0.15) is 0 Å². The molecule has 0 aliphatic heterocycles. The van der Waals surface area contributed by atoms with E-state index in [1.807, 2.05) is 66.1 Å². The number of oxazole rings is 1. The fourth-order valence-corrected chi connectivity index (χ4v) is 3.13. The van der Waals surface area contributed by atoms with Gasteiger partial charge in [-0.15, -0.1) is 11.3 Å². The largest absolute Gasteiger partial charge is 0.436 e. The Hall–Kier alpha value is -2.98. The third-order valence-electron chi connectivity index (χ3n) is 3.63. The monoisotopic (exact) mass is 331 g/mol. The molecule has 0 radical (unpaired) electrons. The van der Waals surface area contributed by atoms with E-state index in [4.69, 9.17) is 4.42 Å². The van der Waals surface area contributed by atoms with E-state index in [9.17, 15) is 4.79 Å². The van der Waals surface area contributed by atoms with Gasteiger partial charge in [0.25, 0.3) is 0 Å². The van der Waals surface area contributed by atoms with E-state index in [-0.39, 0.29) is 5.78 Å². The fourth-order valence-electron chi connectivity index (χ4n) is 2.47. The smallest absolute Gasteiger partial charge is 0.231 e. The van der Waals surface area contributed by atoms with Gasteiger partial charge in [0.2, 0.25) is 5.89 Å². The van der Waals surface area contributed by atoms with Gasteiger partial charge in [0.15, 0.2) is 11.4 Å². The molecule has 0 aliphatic carbocycles. The molecule has 0 fully saturated rings. The molecule has 0 amide bonds. The predicted molar refractivity (Wildman–Crippen MR) is 97.0 cm³/mol. The van der Waals surface area contributed by atoms with Gasteiger partial charge in [-0.3, -0.25) is 4.79 Å². The number of rotatable bonds is 4. The Balaban J connectivity index is 1.86. The molecule has 0 aliphatic rings. The average Bonchev–Trinajstić information content (AvgIpc) is 3.29. The maximum Gasteiger partial charge on any atom is 0.231 e. The summed E-state index contributed by atoms with van der Waals surface area (Å²) in [5, 5.41) is 1.97. The lowest BCUT2D eigenvalue weighted by atomic mass is 10.0. The number of ketones is 1. The minimum atomic E-state index is -0.101. The summed E-state index contributed by atoms with van der Waals surface area (Å²) >= 11 is 1.57. The molecule has 0 spiro atoms. The molecule has 0 atom stereocenters. The number of Topliss-reactive ketones (excluding diaryl/α,β-unsaturated/α-hetero) is 1. The molecule has 24 heavy (non-hydrogen) atoms. The van der Waals surface area contributed by atoms with Crippen LogP contribution < -0.4 is 0 Å². The molecule has 2 aromatic carbocycles. The summed E-state index contributed by atoms with van der Waals surface area (Å²) in [7, 11) is 0. The summed E-state index contributed by atoms with van der Waals surface area (Å²) < 4.78 is 5.83. The first-order valence-electron chi connectivity index (χ1n) is 7.52. The molecule has 0 saturated carbocycles. The minimum absolute atomic E-state index is 0.101. The summed E-state index contributed by atoms with van der Waals surface area (Å²) in [6, 6.07) is 20.6. The molecular weight excluding hydrogens is 318 g/mol. The third kappa shape index (κ3) is 2.79. The second-order valence-corrected chi connectivity index (χ2v) is 6.23. The standard InChI is InChI=1S/C20H13NO2S/c22-19(14-7-2-1-3-8-14)16(13-15-9-6-12-24-15)20-21-17-10-4-5-11-18(17)23-20/h1-13H/b16-13+. The quantitative estimate of drug-likeness (QED) is 0.376. The summed E-state index contributed by atoms with van der Waals surface area (Å²) in [6.07, 6.45) is 1.84. The second kappa shape index (κ2) is 6.26. The summed E-state index contributed by atoms with van der Waals surface area (Å²) in [4.78, 5) is 18.5. The van der Waals surface area contributed by atoms with Crippen molar-refractivity contribution in [3.63, 3.8) is 0 Å². The van der Waals surface area contributed by atoms with Gasteiger partial charge in [-0.05, 0) is 29.7 Å². The topological polar surface area (TPSA) is 43.1 Å². The number of thiophene rings is 1. The van der Waals surface area contributed by atoms with E-state index < -0.39 is 0 Å². The Morgan fingerprint density at radius 3 is 2.50 bits per heavy atom. The molecule has 116 valence electrons. The first-order valence-corrected chi connectivity index (χ1v) is 8.40. The lowest BCUT2D eigenvalue weighted by molar-refractivity contribution is 0.105. The summed E-state index contributed by atoms with van der Waals surface area (Å²) in [6.45, 7) is 0. The zero-order valence-corrected chi connectivity index (χ0v) is 13.5. The number of carbonyl (C=O) groups is 1. The van der Waals surface area contributed by atoms with Crippen LogP contribution >= 0.6 is 11.3 Å². The molecule has 0 bridgehead atoms. The van der Waals surface area contributed by atoms with Crippen LogP contribution in [0.5, 0.6) is 0 Å². The minimum Gasteiger partial charge on any atom is -0.436 e. The van der Waals surface area contributed by atoms with E-state index in [1.54, 1.807) is 23.5 Å². The zero-order valence-electron chi connectivity index (χ0n) is 12.7.